The van der Waals surface area contributed by atoms with E-state index in [-0.39, 0.29) is 11.8 Å². The highest BCUT2D eigenvalue weighted by Crippen LogP contribution is 2.29. The molecule has 5 nitrogen and oxygen atoms in total. The van der Waals surface area contributed by atoms with E-state index in [0.717, 1.165) is 44.3 Å². The Morgan fingerprint density at radius 3 is 2.50 bits per heavy atom. The normalized spacial score (nSPS) is 18.1. The van der Waals surface area contributed by atoms with Gasteiger partial charge in [-0.05, 0) is 37.3 Å². The Labute approximate surface area is 144 Å². The number of carbonyl (C=O) groups excluding carboxylic acids is 2. The number of likely N-dealkylation sites (tertiary alicyclic amines) is 1. The molecule has 0 spiro atoms. The number of nitrogens with zero attached hydrogens (tertiary/aromatic N) is 3. The lowest BCUT2D eigenvalue weighted by Crippen LogP contribution is -2.35. The van der Waals surface area contributed by atoms with Crippen LogP contribution in [-0.4, -0.2) is 45.7 Å². The molecule has 0 N–H and O–H groups in total. The molecule has 2 fully saturated rings. The molecule has 1 saturated carbocycles. The highest BCUT2D eigenvalue weighted by Gasteiger charge is 2.32. The molecule has 2 heterocycles. The third-order valence-electron chi connectivity index (χ3n) is 4.90. The minimum Gasteiger partial charge on any atom is -0.343 e. The minimum atomic E-state index is 0.101. The summed E-state index contributed by atoms with van der Waals surface area (Å²) >= 11 is 0. The van der Waals surface area contributed by atoms with Gasteiger partial charge in [-0.1, -0.05) is 18.9 Å². The molecule has 0 unspecified atom stereocenters. The maximum atomic E-state index is 12.6. The zero-order valence-corrected chi connectivity index (χ0v) is 14.3. The van der Waals surface area contributed by atoms with Crippen LogP contribution in [0.1, 0.15) is 56.9 Å². The molecule has 3 rings (SSSR count). The molecule has 0 bridgehead atoms. The number of hydrogen-bond acceptors (Lipinski definition) is 3. The zero-order chi connectivity index (χ0) is 16.8. The molecule has 1 saturated heterocycles. The summed E-state index contributed by atoms with van der Waals surface area (Å²) in [5.74, 6) is 0.242. The highest BCUT2D eigenvalue weighted by molar-refractivity contribution is 5.84. The van der Waals surface area contributed by atoms with E-state index in [9.17, 15) is 9.59 Å². The number of carbonyl (C=O) groups is 2. The van der Waals surface area contributed by atoms with Crippen LogP contribution >= 0.6 is 0 Å². The van der Waals surface area contributed by atoms with Gasteiger partial charge >= 0.3 is 0 Å². The van der Waals surface area contributed by atoms with Crippen LogP contribution in [0.4, 0.5) is 0 Å². The molecule has 1 aliphatic heterocycles. The Morgan fingerprint density at radius 2 is 1.88 bits per heavy atom. The van der Waals surface area contributed by atoms with E-state index in [1.165, 1.54) is 12.8 Å². The number of amides is 2. The quantitative estimate of drug-likeness (QED) is 0.806. The van der Waals surface area contributed by atoms with E-state index in [4.69, 9.17) is 0 Å². The largest absolute Gasteiger partial charge is 0.343 e. The zero-order valence-electron chi connectivity index (χ0n) is 14.3. The molecule has 0 radical (unpaired) electrons. The van der Waals surface area contributed by atoms with Crippen molar-refractivity contribution >= 4 is 11.8 Å². The summed E-state index contributed by atoms with van der Waals surface area (Å²) in [6, 6.07) is 4.25. The Kier molecular flexibility index (Phi) is 5.83. The first-order valence-electron chi connectivity index (χ1n) is 9.20. The van der Waals surface area contributed by atoms with Crippen LogP contribution in [0.3, 0.4) is 0 Å². The average Bonchev–Trinajstić information content (AvgIpc) is 3.45. The predicted octanol–water partition coefficient (Wildman–Crippen LogP) is 2.76. The summed E-state index contributed by atoms with van der Waals surface area (Å²) in [5, 5.41) is 0. The maximum absolute atomic E-state index is 12.6. The molecule has 1 aliphatic carbocycles. The van der Waals surface area contributed by atoms with Gasteiger partial charge in [0.05, 0.1) is 0 Å². The summed E-state index contributed by atoms with van der Waals surface area (Å²) < 4.78 is 0. The van der Waals surface area contributed by atoms with Crippen molar-refractivity contribution in [3.63, 3.8) is 0 Å². The van der Waals surface area contributed by atoms with Gasteiger partial charge in [0.25, 0.3) is 0 Å². The number of pyridine rings is 1. The molecule has 2 amide bonds. The molecule has 5 heteroatoms. The molecule has 1 aromatic heterocycles. The molecular formula is C19H27N3O2. The van der Waals surface area contributed by atoms with E-state index in [0.29, 0.717) is 25.4 Å². The fourth-order valence-electron chi connectivity index (χ4n) is 3.33. The lowest BCUT2D eigenvalue weighted by atomic mass is 10.2. The topological polar surface area (TPSA) is 53.5 Å². The molecule has 1 aromatic rings. The van der Waals surface area contributed by atoms with Crippen LogP contribution in [0.25, 0.3) is 0 Å². The second-order valence-electron chi connectivity index (χ2n) is 6.91. The van der Waals surface area contributed by atoms with Crippen LogP contribution < -0.4 is 0 Å². The molecule has 0 atom stereocenters. The van der Waals surface area contributed by atoms with Crippen molar-refractivity contribution in [3.05, 3.63) is 30.1 Å². The summed E-state index contributed by atoms with van der Waals surface area (Å²) in [7, 11) is 0. The van der Waals surface area contributed by atoms with Gasteiger partial charge in [-0.15, -0.1) is 0 Å². The van der Waals surface area contributed by atoms with Crippen LogP contribution in [0.5, 0.6) is 0 Å². The van der Waals surface area contributed by atoms with Crippen molar-refractivity contribution in [2.24, 2.45) is 0 Å². The first-order valence-corrected chi connectivity index (χ1v) is 9.20. The minimum absolute atomic E-state index is 0.101. The fraction of sp³-hybridized carbons (Fsp3) is 0.632. The highest BCUT2D eigenvalue weighted by atomic mass is 16.2. The van der Waals surface area contributed by atoms with Gasteiger partial charge in [-0.3, -0.25) is 14.6 Å². The smallest absolute Gasteiger partial charge is 0.223 e. The van der Waals surface area contributed by atoms with Crippen LogP contribution in [-0.2, 0) is 16.1 Å². The number of aromatic nitrogens is 1. The second-order valence-corrected chi connectivity index (χ2v) is 6.91. The predicted molar refractivity (Wildman–Crippen MR) is 92.1 cm³/mol. The van der Waals surface area contributed by atoms with Crippen molar-refractivity contribution in [1.29, 1.82) is 0 Å². The Morgan fingerprint density at radius 1 is 1.12 bits per heavy atom. The fourth-order valence-corrected chi connectivity index (χ4v) is 3.33. The summed E-state index contributed by atoms with van der Waals surface area (Å²) in [6.07, 6.45) is 11.0. The van der Waals surface area contributed by atoms with E-state index in [2.05, 4.69) is 4.98 Å². The lowest BCUT2D eigenvalue weighted by molar-refractivity contribution is -0.137. The van der Waals surface area contributed by atoms with Gasteiger partial charge in [-0.2, -0.15) is 0 Å². The molecule has 130 valence electrons. The van der Waals surface area contributed by atoms with Crippen molar-refractivity contribution in [1.82, 2.24) is 14.8 Å². The van der Waals surface area contributed by atoms with Crippen molar-refractivity contribution in [2.75, 3.05) is 13.1 Å². The van der Waals surface area contributed by atoms with Crippen molar-refractivity contribution in [2.45, 2.75) is 64.0 Å². The van der Waals surface area contributed by atoms with Gasteiger partial charge in [0.1, 0.15) is 0 Å². The number of rotatable bonds is 6. The Balaban J connectivity index is 1.51. The van der Waals surface area contributed by atoms with Gasteiger partial charge in [-0.25, -0.2) is 0 Å². The van der Waals surface area contributed by atoms with E-state index < -0.39 is 0 Å². The third-order valence-corrected chi connectivity index (χ3v) is 4.90. The Hall–Kier alpha value is -1.91. The van der Waals surface area contributed by atoms with Crippen LogP contribution in [0, 0.1) is 0 Å². The lowest BCUT2D eigenvalue weighted by Gasteiger charge is -2.24. The van der Waals surface area contributed by atoms with E-state index in [1.807, 2.05) is 28.1 Å². The van der Waals surface area contributed by atoms with Crippen molar-refractivity contribution < 1.29 is 9.59 Å². The maximum Gasteiger partial charge on any atom is 0.223 e. The second kappa shape index (κ2) is 8.27. The summed E-state index contributed by atoms with van der Waals surface area (Å²) in [4.78, 5) is 33.0. The third kappa shape index (κ3) is 4.79. The average molecular weight is 329 g/mol. The van der Waals surface area contributed by atoms with Crippen LogP contribution in [0.2, 0.25) is 0 Å². The van der Waals surface area contributed by atoms with E-state index >= 15 is 0 Å². The first-order chi connectivity index (χ1) is 11.7. The molecular weight excluding hydrogens is 302 g/mol. The van der Waals surface area contributed by atoms with Gasteiger partial charge in [0.2, 0.25) is 11.8 Å². The molecule has 24 heavy (non-hydrogen) atoms. The first kappa shape index (κ1) is 16.9. The van der Waals surface area contributed by atoms with Gasteiger partial charge in [0.15, 0.2) is 0 Å². The Bertz CT molecular complexity index is 549. The molecule has 2 aliphatic rings. The summed E-state index contributed by atoms with van der Waals surface area (Å²) in [5.41, 5.74) is 1.05. The monoisotopic (exact) mass is 329 g/mol. The van der Waals surface area contributed by atoms with E-state index in [1.54, 1.807) is 6.20 Å². The standard InChI is InChI=1S/C19H27N3O2/c23-18(21-12-3-1-2-4-13-21)9-10-19(24)22(17-7-8-17)15-16-6-5-11-20-14-16/h5-6,11,14,17H,1-4,7-10,12-13,15H2. The SMILES string of the molecule is O=C(CCC(=O)N(Cc1cccnc1)C1CC1)N1CCCCCC1. The van der Waals surface area contributed by atoms with Gasteiger partial charge in [0, 0.05) is 50.9 Å². The van der Waals surface area contributed by atoms with Crippen LogP contribution in [0.15, 0.2) is 24.5 Å². The van der Waals surface area contributed by atoms with Crippen molar-refractivity contribution in [3.8, 4) is 0 Å². The summed E-state index contributed by atoms with van der Waals surface area (Å²) in [6.45, 7) is 2.32. The van der Waals surface area contributed by atoms with Gasteiger partial charge < -0.3 is 9.80 Å². The molecule has 0 aromatic carbocycles. The number of hydrogen-bond donors (Lipinski definition) is 0.